The van der Waals surface area contributed by atoms with Crippen LogP contribution in [0.3, 0.4) is 0 Å². The summed E-state index contributed by atoms with van der Waals surface area (Å²) in [5.41, 5.74) is 4.30. The van der Waals surface area contributed by atoms with Gasteiger partial charge >= 0.3 is 10.1 Å². The number of phenols is 1. The Balaban J connectivity index is 1.61. The number of carbonyl (C=O) groups excluding carboxylic acids is 1. The van der Waals surface area contributed by atoms with Crippen LogP contribution < -0.4 is 9.61 Å². The second kappa shape index (κ2) is 8.57. The Bertz CT molecular complexity index is 1120. The van der Waals surface area contributed by atoms with E-state index in [1.54, 1.807) is 24.3 Å². The van der Waals surface area contributed by atoms with Crippen LogP contribution in [0.2, 0.25) is 0 Å². The number of rotatable bonds is 6. The number of nitrogens with zero attached hydrogens (tertiary/aromatic N) is 1. The summed E-state index contributed by atoms with van der Waals surface area (Å²) in [7, 11) is -3.91. The molecule has 148 valence electrons. The van der Waals surface area contributed by atoms with Gasteiger partial charge in [0.2, 0.25) is 0 Å². The quantitative estimate of drug-likeness (QED) is 0.369. The number of hydrogen-bond acceptors (Lipinski definition) is 6. The molecule has 0 saturated heterocycles. The maximum atomic E-state index is 12.3. The lowest BCUT2D eigenvalue weighted by Crippen LogP contribution is -2.17. The van der Waals surface area contributed by atoms with Gasteiger partial charge in [0.1, 0.15) is 16.4 Å². The summed E-state index contributed by atoms with van der Waals surface area (Å²) in [4.78, 5) is 12.0. The fourth-order valence-electron chi connectivity index (χ4n) is 2.33. The van der Waals surface area contributed by atoms with Gasteiger partial charge in [0, 0.05) is 5.56 Å². The smallest absolute Gasteiger partial charge is 0.339 e. The third-order valence-electron chi connectivity index (χ3n) is 3.90. The van der Waals surface area contributed by atoms with E-state index in [4.69, 9.17) is 4.18 Å². The van der Waals surface area contributed by atoms with Crippen molar-refractivity contribution in [3.63, 3.8) is 0 Å². The second-order valence-corrected chi connectivity index (χ2v) is 7.71. The maximum Gasteiger partial charge on any atom is 0.339 e. The van der Waals surface area contributed by atoms with Crippen molar-refractivity contribution in [1.82, 2.24) is 5.43 Å². The Morgan fingerprint density at radius 3 is 2.21 bits per heavy atom. The second-order valence-electron chi connectivity index (χ2n) is 6.17. The molecule has 0 unspecified atom stereocenters. The molecule has 3 aromatic carbocycles. The predicted molar refractivity (Wildman–Crippen MR) is 109 cm³/mol. The number of hydrogen-bond donors (Lipinski definition) is 2. The summed E-state index contributed by atoms with van der Waals surface area (Å²) in [6.45, 7) is 1.87. The minimum absolute atomic E-state index is 0.0664. The molecule has 0 aliphatic carbocycles. The number of amides is 1. The van der Waals surface area contributed by atoms with Crippen molar-refractivity contribution in [3.8, 4) is 11.5 Å². The molecule has 0 aromatic heterocycles. The van der Waals surface area contributed by atoms with E-state index >= 15 is 0 Å². The monoisotopic (exact) mass is 410 g/mol. The summed E-state index contributed by atoms with van der Waals surface area (Å²) >= 11 is 0. The number of aromatic hydroxyl groups is 1. The van der Waals surface area contributed by atoms with E-state index in [0.29, 0.717) is 11.1 Å². The zero-order valence-electron chi connectivity index (χ0n) is 15.4. The molecule has 0 spiro atoms. The van der Waals surface area contributed by atoms with Crippen LogP contribution in [0.15, 0.2) is 82.8 Å². The molecule has 1 amide bonds. The zero-order valence-corrected chi connectivity index (χ0v) is 16.3. The summed E-state index contributed by atoms with van der Waals surface area (Å²) in [5, 5.41) is 13.1. The van der Waals surface area contributed by atoms with Crippen LogP contribution in [-0.4, -0.2) is 25.6 Å². The van der Waals surface area contributed by atoms with Crippen LogP contribution in [-0.2, 0) is 10.1 Å². The highest BCUT2D eigenvalue weighted by Crippen LogP contribution is 2.19. The van der Waals surface area contributed by atoms with Crippen LogP contribution in [0, 0.1) is 6.92 Å². The van der Waals surface area contributed by atoms with Gasteiger partial charge in [-0.2, -0.15) is 13.5 Å². The standard InChI is InChI=1S/C21H18N2O5S/c1-15-2-12-20(13-3-15)29(26,27)28-19-10-4-16(5-11-19)14-22-23-21(25)17-6-8-18(24)9-7-17/h2-14,24H,1H3,(H,23,25)/b22-14+. The molecule has 0 radical (unpaired) electrons. The van der Waals surface area contributed by atoms with Crippen molar-refractivity contribution in [2.45, 2.75) is 11.8 Å². The average Bonchev–Trinajstić information content (AvgIpc) is 2.70. The van der Waals surface area contributed by atoms with Gasteiger partial charge in [-0.05, 0) is 73.2 Å². The molecule has 0 atom stereocenters. The first-order valence-corrected chi connectivity index (χ1v) is 9.98. The summed E-state index contributed by atoms with van der Waals surface area (Å²) in [5.74, 6) is -0.196. The first-order chi connectivity index (χ1) is 13.8. The molecule has 3 rings (SSSR count). The van der Waals surface area contributed by atoms with Gasteiger partial charge in [-0.25, -0.2) is 5.43 Å². The van der Waals surface area contributed by atoms with Crippen LogP contribution in [0.1, 0.15) is 21.5 Å². The van der Waals surface area contributed by atoms with Crippen LogP contribution >= 0.6 is 0 Å². The SMILES string of the molecule is Cc1ccc(S(=O)(=O)Oc2ccc(/C=N/NC(=O)c3ccc(O)cc3)cc2)cc1. The van der Waals surface area contributed by atoms with Crippen molar-refractivity contribution in [2.24, 2.45) is 5.10 Å². The van der Waals surface area contributed by atoms with Crippen LogP contribution in [0.25, 0.3) is 0 Å². The van der Waals surface area contributed by atoms with Crippen molar-refractivity contribution < 1.29 is 22.5 Å². The van der Waals surface area contributed by atoms with Crippen molar-refractivity contribution in [1.29, 1.82) is 0 Å². The van der Waals surface area contributed by atoms with Gasteiger partial charge in [0.15, 0.2) is 0 Å². The van der Waals surface area contributed by atoms with E-state index in [1.165, 1.54) is 54.7 Å². The van der Waals surface area contributed by atoms with Gasteiger partial charge in [0.25, 0.3) is 5.91 Å². The van der Waals surface area contributed by atoms with Gasteiger partial charge in [-0.3, -0.25) is 4.79 Å². The predicted octanol–water partition coefficient (Wildman–Crippen LogP) is 3.23. The summed E-state index contributed by atoms with van der Waals surface area (Å²) < 4.78 is 29.7. The van der Waals surface area contributed by atoms with Gasteiger partial charge in [0.05, 0.1) is 6.21 Å². The van der Waals surface area contributed by atoms with Gasteiger partial charge in [-0.15, -0.1) is 0 Å². The molecule has 7 nitrogen and oxygen atoms in total. The topological polar surface area (TPSA) is 105 Å². The lowest BCUT2D eigenvalue weighted by atomic mass is 10.2. The minimum Gasteiger partial charge on any atom is -0.508 e. The van der Waals surface area contributed by atoms with E-state index in [2.05, 4.69) is 10.5 Å². The molecule has 0 aliphatic heterocycles. The summed E-state index contributed by atoms with van der Waals surface area (Å²) in [6, 6.07) is 18.3. The van der Waals surface area contributed by atoms with Gasteiger partial charge in [-0.1, -0.05) is 17.7 Å². The molecule has 29 heavy (non-hydrogen) atoms. The fraction of sp³-hybridized carbons (Fsp3) is 0.0476. The highest BCUT2D eigenvalue weighted by molar-refractivity contribution is 7.87. The molecule has 0 saturated carbocycles. The number of phenolic OH excluding ortho intramolecular Hbond substituents is 1. The minimum atomic E-state index is -3.91. The highest BCUT2D eigenvalue weighted by Gasteiger charge is 2.16. The van der Waals surface area contributed by atoms with Crippen molar-refractivity contribution >= 4 is 22.2 Å². The van der Waals surface area contributed by atoms with Crippen LogP contribution in [0.4, 0.5) is 0 Å². The van der Waals surface area contributed by atoms with E-state index in [-0.39, 0.29) is 16.4 Å². The Hall–Kier alpha value is -3.65. The molecule has 0 aliphatic rings. The Morgan fingerprint density at radius 2 is 1.59 bits per heavy atom. The summed E-state index contributed by atoms with van der Waals surface area (Å²) in [6.07, 6.45) is 1.41. The largest absolute Gasteiger partial charge is 0.508 e. The van der Waals surface area contributed by atoms with E-state index < -0.39 is 16.0 Å². The lowest BCUT2D eigenvalue weighted by Gasteiger charge is -2.07. The maximum absolute atomic E-state index is 12.3. The molecule has 3 aromatic rings. The molecule has 2 N–H and O–H groups in total. The van der Waals surface area contributed by atoms with E-state index in [9.17, 15) is 18.3 Å². The molecular formula is C21H18N2O5S. The number of hydrazone groups is 1. The average molecular weight is 410 g/mol. The zero-order chi connectivity index (χ0) is 20.9. The van der Waals surface area contributed by atoms with Crippen molar-refractivity contribution in [3.05, 3.63) is 89.5 Å². The number of nitrogens with one attached hydrogen (secondary N) is 1. The lowest BCUT2D eigenvalue weighted by molar-refractivity contribution is 0.0955. The number of aryl methyl sites for hydroxylation is 1. The first-order valence-electron chi connectivity index (χ1n) is 8.57. The molecule has 0 fully saturated rings. The third kappa shape index (κ3) is 5.43. The molecule has 0 bridgehead atoms. The normalized spacial score (nSPS) is 11.3. The van der Waals surface area contributed by atoms with Crippen LogP contribution in [0.5, 0.6) is 11.5 Å². The Kier molecular flexibility index (Phi) is 5.94. The highest BCUT2D eigenvalue weighted by atomic mass is 32.2. The number of carbonyl (C=O) groups is 1. The Morgan fingerprint density at radius 1 is 0.966 bits per heavy atom. The fourth-order valence-corrected chi connectivity index (χ4v) is 3.26. The van der Waals surface area contributed by atoms with Gasteiger partial charge < -0.3 is 9.29 Å². The molecule has 8 heteroatoms. The molecule has 0 heterocycles. The third-order valence-corrected chi connectivity index (χ3v) is 5.17. The first kappa shape index (κ1) is 20.1. The Labute approximate surface area is 168 Å². The number of benzene rings is 3. The van der Waals surface area contributed by atoms with Crippen molar-refractivity contribution in [2.75, 3.05) is 0 Å². The van der Waals surface area contributed by atoms with E-state index in [0.717, 1.165) is 5.56 Å². The molecular weight excluding hydrogens is 392 g/mol. The van der Waals surface area contributed by atoms with E-state index in [1.807, 2.05) is 6.92 Å².